The van der Waals surface area contributed by atoms with E-state index in [-0.39, 0.29) is 0 Å². The summed E-state index contributed by atoms with van der Waals surface area (Å²) in [5, 5.41) is 3.47. The highest BCUT2D eigenvalue weighted by atomic mass is 15.0. The lowest BCUT2D eigenvalue weighted by Gasteiger charge is -2.13. The molecule has 0 saturated carbocycles. The summed E-state index contributed by atoms with van der Waals surface area (Å²) in [7, 11) is 2.08. The number of rotatable bonds is 3. The first-order valence-corrected chi connectivity index (χ1v) is 7.67. The number of aromatic nitrogens is 1. The van der Waals surface area contributed by atoms with E-state index in [0.717, 1.165) is 6.54 Å². The normalized spacial score (nSPS) is 18.6. The highest BCUT2D eigenvalue weighted by Gasteiger charge is 2.19. The number of benzene rings is 1. The minimum Gasteiger partial charge on any atom is -0.349 e. The molecule has 2 nitrogen and oxygen atoms in total. The van der Waals surface area contributed by atoms with Gasteiger partial charge in [-0.2, -0.15) is 0 Å². The molecule has 0 saturated heterocycles. The van der Waals surface area contributed by atoms with E-state index < -0.39 is 0 Å². The molecule has 2 aromatic rings. The first kappa shape index (κ1) is 13.4. The molecule has 3 rings (SSSR count). The highest BCUT2D eigenvalue weighted by Crippen LogP contribution is 2.29. The molecule has 1 aliphatic rings. The molecule has 106 valence electrons. The van der Waals surface area contributed by atoms with Gasteiger partial charge in [-0.05, 0) is 49.9 Å². The molecular formula is C18H24N2. The summed E-state index contributed by atoms with van der Waals surface area (Å²) in [6.45, 7) is 3.11. The number of nitrogens with zero attached hydrogens (tertiary/aromatic N) is 1. The van der Waals surface area contributed by atoms with Gasteiger partial charge in [0.05, 0.1) is 0 Å². The molecule has 0 radical (unpaired) electrons. The third-order valence-corrected chi connectivity index (χ3v) is 4.40. The standard InChI is InChI=1S/C18H24N2/c1-14-7-9-15(10-8-14)11-20-12-16-5-3-4-6-18(19-2)17(16)13-20/h7-10,12-13,18-19H,3-6,11H2,1-2H3. The molecule has 0 aliphatic heterocycles. The van der Waals surface area contributed by atoms with Crippen LogP contribution in [-0.4, -0.2) is 11.6 Å². The van der Waals surface area contributed by atoms with Gasteiger partial charge in [-0.25, -0.2) is 0 Å². The van der Waals surface area contributed by atoms with Crippen LogP contribution in [0.3, 0.4) is 0 Å². The predicted molar refractivity (Wildman–Crippen MR) is 84.1 cm³/mol. The molecule has 1 atom stereocenters. The van der Waals surface area contributed by atoms with Crippen molar-refractivity contribution in [3.05, 3.63) is 58.9 Å². The second kappa shape index (κ2) is 5.84. The summed E-state index contributed by atoms with van der Waals surface area (Å²) in [6.07, 6.45) is 9.84. The van der Waals surface area contributed by atoms with Crippen LogP contribution in [0.1, 0.15) is 47.6 Å². The van der Waals surface area contributed by atoms with E-state index in [4.69, 9.17) is 0 Å². The Kier molecular flexibility index (Phi) is 3.93. The number of aryl methyl sites for hydroxylation is 2. The lowest BCUT2D eigenvalue weighted by molar-refractivity contribution is 0.531. The SMILES string of the molecule is CNC1CCCCc2cn(Cc3ccc(C)cc3)cc21. The van der Waals surface area contributed by atoms with E-state index in [1.54, 1.807) is 0 Å². The second-order valence-electron chi connectivity index (χ2n) is 5.98. The first-order chi connectivity index (χ1) is 9.76. The summed E-state index contributed by atoms with van der Waals surface area (Å²) in [4.78, 5) is 0. The Balaban J connectivity index is 1.83. The molecule has 20 heavy (non-hydrogen) atoms. The molecule has 0 spiro atoms. The Labute approximate surface area is 121 Å². The van der Waals surface area contributed by atoms with Crippen LogP contribution >= 0.6 is 0 Å². The third-order valence-electron chi connectivity index (χ3n) is 4.40. The summed E-state index contributed by atoms with van der Waals surface area (Å²) >= 11 is 0. The summed E-state index contributed by atoms with van der Waals surface area (Å²) in [6, 6.07) is 9.39. The van der Waals surface area contributed by atoms with Crippen molar-refractivity contribution >= 4 is 0 Å². The van der Waals surface area contributed by atoms with Crippen LogP contribution in [0.4, 0.5) is 0 Å². The van der Waals surface area contributed by atoms with Crippen LogP contribution in [0.25, 0.3) is 0 Å². The molecule has 0 amide bonds. The average Bonchev–Trinajstić information content (AvgIpc) is 2.75. The van der Waals surface area contributed by atoms with Crippen molar-refractivity contribution in [1.29, 1.82) is 0 Å². The minimum atomic E-state index is 0.534. The van der Waals surface area contributed by atoms with Crippen molar-refractivity contribution in [3.8, 4) is 0 Å². The Bertz CT molecular complexity index is 566. The Morgan fingerprint density at radius 2 is 1.95 bits per heavy atom. The Hall–Kier alpha value is -1.54. The maximum Gasteiger partial charge on any atom is 0.0470 e. The van der Waals surface area contributed by atoms with E-state index in [1.807, 2.05) is 0 Å². The summed E-state index contributed by atoms with van der Waals surface area (Å²) in [5.74, 6) is 0. The molecule has 1 unspecified atom stereocenters. The molecule has 1 aliphatic carbocycles. The van der Waals surface area contributed by atoms with Gasteiger partial charge in [-0.1, -0.05) is 36.2 Å². The monoisotopic (exact) mass is 268 g/mol. The highest BCUT2D eigenvalue weighted by molar-refractivity contribution is 5.30. The van der Waals surface area contributed by atoms with Crippen LogP contribution in [0, 0.1) is 6.92 Å². The van der Waals surface area contributed by atoms with Gasteiger partial charge in [-0.3, -0.25) is 0 Å². The third kappa shape index (κ3) is 2.80. The second-order valence-corrected chi connectivity index (χ2v) is 5.98. The van der Waals surface area contributed by atoms with Gasteiger partial charge in [0, 0.05) is 25.0 Å². The largest absolute Gasteiger partial charge is 0.349 e. The smallest absolute Gasteiger partial charge is 0.0470 e. The molecule has 0 bridgehead atoms. The van der Waals surface area contributed by atoms with Gasteiger partial charge in [0.2, 0.25) is 0 Å². The van der Waals surface area contributed by atoms with Crippen molar-refractivity contribution in [2.45, 2.75) is 45.2 Å². The maximum atomic E-state index is 3.47. The fourth-order valence-corrected chi connectivity index (χ4v) is 3.21. The number of fused-ring (bicyclic) bond motifs is 1. The number of hydrogen-bond acceptors (Lipinski definition) is 1. The zero-order valence-corrected chi connectivity index (χ0v) is 12.5. The molecule has 0 fully saturated rings. The summed E-state index contributed by atoms with van der Waals surface area (Å²) < 4.78 is 2.35. The summed E-state index contributed by atoms with van der Waals surface area (Å²) in [5.41, 5.74) is 5.75. The van der Waals surface area contributed by atoms with Gasteiger partial charge in [0.25, 0.3) is 0 Å². The molecule has 1 N–H and O–H groups in total. The van der Waals surface area contributed by atoms with Crippen LogP contribution in [0.2, 0.25) is 0 Å². The number of nitrogens with one attached hydrogen (secondary N) is 1. The van der Waals surface area contributed by atoms with Gasteiger partial charge in [0.15, 0.2) is 0 Å². The zero-order chi connectivity index (χ0) is 13.9. The topological polar surface area (TPSA) is 17.0 Å². The lowest BCUT2D eigenvalue weighted by atomic mass is 10.1. The maximum absolute atomic E-state index is 3.47. The molecular weight excluding hydrogens is 244 g/mol. The molecule has 2 heteroatoms. The Morgan fingerprint density at radius 3 is 2.70 bits per heavy atom. The Morgan fingerprint density at radius 1 is 1.15 bits per heavy atom. The van der Waals surface area contributed by atoms with Gasteiger partial charge >= 0.3 is 0 Å². The van der Waals surface area contributed by atoms with Crippen LogP contribution in [0.15, 0.2) is 36.7 Å². The van der Waals surface area contributed by atoms with Gasteiger partial charge < -0.3 is 9.88 Å². The van der Waals surface area contributed by atoms with E-state index in [2.05, 4.69) is 60.5 Å². The fraction of sp³-hybridized carbons (Fsp3) is 0.444. The fourth-order valence-electron chi connectivity index (χ4n) is 3.21. The van der Waals surface area contributed by atoms with E-state index in [0.29, 0.717) is 6.04 Å². The van der Waals surface area contributed by atoms with E-state index in [1.165, 1.54) is 47.9 Å². The number of hydrogen-bond donors (Lipinski definition) is 1. The lowest BCUT2D eigenvalue weighted by Crippen LogP contribution is -2.15. The van der Waals surface area contributed by atoms with E-state index >= 15 is 0 Å². The van der Waals surface area contributed by atoms with Gasteiger partial charge in [-0.15, -0.1) is 0 Å². The van der Waals surface area contributed by atoms with E-state index in [9.17, 15) is 0 Å². The first-order valence-electron chi connectivity index (χ1n) is 7.67. The zero-order valence-electron chi connectivity index (χ0n) is 12.5. The van der Waals surface area contributed by atoms with Crippen LogP contribution in [0.5, 0.6) is 0 Å². The quantitative estimate of drug-likeness (QED) is 0.837. The predicted octanol–water partition coefficient (Wildman–Crippen LogP) is 3.83. The molecule has 1 heterocycles. The van der Waals surface area contributed by atoms with Crippen LogP contribution in [-0.2, 0) is 13.0 Å². The van der Waals surface area contributed by atoms with Crippen LogP contribution < -0.4 is 5.32 Å². The van der Waals surface area contributed by atoms with Gasteiger partial charge in [0.1, 0.15) is 0 Å². The van der Waals surface area contributed by atoms with Crippen molar-refractivity contribution < 1.29 is 0 Å². The van der Waals surface area contributed by atoms with Crippen molar-refractivity contribution in [3.63, 3.8) is 0 Å². The molecule has 1 aromatic carbocycles. The minimum absolute atomic E-state index is 0.534. The van der Waals surface area contributed by atoms with Crippen molar-refractivity contribution in [1.82, 2.24) is 9.88 Å². The molecule has 1 aromatic heterocycles. The average molecular weight is 268 g/mol. The van der Waals surface area contributed by atoms with Crippen molar-refractivity contribution in [2.75, 3.05) is 7.05 Å². The van der Waals surface area contributed by atoms with Crippen molar-refractivity contribution in [2.24, 2.45) is 0 Å².